The van der Waals surface area contributed by atoms with Gasteiger partial charge in [0.2, 0.25) is 0 Å². The van der Waals surface area contributed by atoms with Crippen molar-refractivity contribution >= 4 is 17.6 Å². The Labute approximate surface area is 133 Å². The average Bonchev–Trinajstić information content (AvgIpc) is 2.48. The fourth-order valence-corrected chi connectivity index (χ4v) is 2.03. The molecule has 1 rings (SSSR count). The monoisotopic (exact) mass is 311 g/mol. The molecule has 0 spiro atoms. The fraction of sp³-hybridized carbons (Fsp3) is 0.562. The molecule has 0 heterocycles. The first kappa shape index (κ1) is 17.8. The van der Waals surface area contributed by atoms with E-state index >= 15 is 0 Å². The summed E-state index contributed by atoms with van der Waals surface area (Å²) in [7, 11) is 2.04. The van der Waals surface area contributed by atoms with E-state index in [0.29, 0.717) is 0 Å². The standard InChI is InChI=1S/C16H26ClN3O/c1-4-18-16(19-11-6-12-21-5-2)20(3)13-14-7-9-15(17)10-8-14/h7-10H,4-6,11-13H2,1-3H3,(H,18,19). The average molecular weight is 312 g/mol. The van der Waals surface area contributed by atoms with Gasteiger partial charge >= 0.3 is 0 Å². The van der Waals surface area contributed by atoms with E-state index in [4.69, 9.17) is 16.3 Å². The second kappa shape index (κ2) is 10.5. The van der Waals surface area contributed by atoms with Gasteiger partial charge in [0.25, 0.3) is 0 Å². The summed E-state index contributed by atoms with van der Waals surface area (Å²) >= 11 is 5.91. The molecule has 4 nitrogen and oxygen atoms in total. The van der Waals surface area contributed by atoms with Crippen LogP contribution in [0.15, 0.2) is 29.3 Å². The smallest absolute Gasteiger partial charge is 0.193 e. The summed E-state index contributed by atoms with van der Waals surface area (Å²) in [6.45, 7) is 8.04. The summed E-state index contributed by atoms with van der Waals surface area (Å²) in [5.74, 6) is 0.920. The third-order valence-corrected chi connectivity index (χ3v) is 3.19. The lowest BCUT2D eigenvalue weighted by molar-refractivity contribution is 0.146. The molecule has 0 aliphatic heterocycles. The van der Waals surface area contributed by atoms with Crippen LogP contribution in [0.1, 0.15) is 25.8 Å². The predicted octanol–water partition coefficient (Wildman–Crippen LogP) is 3.16. The molecule has 118 valence electrons. The Hall–Kier alpha value is -1.26. The van der Waals surface area contributed by atoms with E-state index in [2.05, 4.69) is 22.1 Å². The van der Waals surface area contributed by atoms with Crippen LogP contribution in [-0.4, -0.2) is 44.2 Å². The first-order valence-corrected chi connectivity index (χ1v) is 7.86. The van der Waals surface area contributed by atoms with Crippen molar-refractivity contribution in [2.45, 2.75) is 26.8 Å². The Morgan fingerprint density at radius 3 is 2.62 bits per heavy atom. The minimum absolute atomic E-state index is 0.762. The molecule has 5 heteroatoms. The number of benzene rings is 1. The number of nitrogens with one attached hydrogen (secondary N) is 1. The maximum absolute atomic E-state index is 5.91. The van der Waals surface area contributed by atoms with Gasteiger partial charge in [0.05, 0.1) is 0 Å². The van der Waals surface area contributed by atoms with Crippen molar-refractivity contribution in [3.8, 4) is 0 Å². The van der Waals surface area contributed by atoms with Crippen LogP contribution >= 0.6 is 11.6 Å². The van der Waals surface area contributed by atoms with Crippen molar-refractivity contribution in [3.05, 3.63) is 34.9 Å². The zero-order valence-electron chi connectivity index (χ0n) is 13.2. The molecule has 1 N–H and O–H groups in total. The van der Waals surface area contributed by atoms with Crippen LogP contribution in [0.3, 0.4) is 0 Å². The van der Waals surface area contributed by atoms with E-state index in [-0.39, 0.29) is 0 Å². The molecular formula is C16H26ClN3O. The van der Waals surface area contributed by atoms with Crippen LogP contribution in [0.25, 0.3) is 0 Å². The third kappa shape index (κ3) is 7.34. The highest BCUT2D eigenvalue weighted by Gasteiger charge is 2.06. The Kier molecular flexibility index (Phi) is 8.87. The minimum Gasteiger partial charge on any atom is -0.382 e. The number of aliphatic imine (C=N–C) groups is 1. The zero-order chi connectivity index (χ0) is 15.5. The van der Waals surface area contributed by atoms with Crippen LogP contribution in [0.4, 0.5) is 0 Å². The number of ether oxygens (including phenoxy) is 1. The molecule has 0 unspecified atom stereocenters. The minimum atomic E-state index is 0.762. The molecule has 1 aromatic carbocycles. The van der Waals surface area contributed by atoms with Gasteiger partial charge in [-0.3, -0.25) is 4.99 Å². The van der Waals surface area contributed by atoms with Crippen LogP contribution < -0.4 is 5.32 Å². The lowest BCUT2D eigenvalue weighted by atomic mass is 10.2. The molecule has 0 aliphatic rings. The van der Waals surface area contributed by atoms with Gasteiger partial charge in [-0.1, -0.05) is 23.7 Å². The quantitative estimate of drug-likeness (QED) is 0.455. The fourth-order valence-electron chi connectivity index (χ4n) is 1.90. The maximum Gasteiger partial charge on any atom is 0.193 e. The summed E-state index contributed by atoms with van der Waals surface area (Å²) in [4.78, 5) is 6.74. The Bertz CT molecular complexity index is 420. The summed E-state index contributed by atoms with van der Waals surface area (Å²) in [6, 6.07) is 7.91. The first-order valence-electron chi connectivity index (χ1n) is 7.49. The van der Waals surface area contributed by atoms with Crippen molar-refractivity contribution in [2.24, 2.45) is 4.99 Å². The Balaban J connectivity index is 2.53. The van der Waals surface area contributed by atoms with E-state index in [1.54, 1.807) is 0 Å². The van der Waals surface area contributed by atoms with E-state index in [1.165, 1.54) is 5.56 Å². The Morgan fingerprint density at radius 1 is 1.29 bits per heavy atom. The van der Waals surface area contributed by atoms with Gasteiger partial charge in [0.1, 0.15) is 0 Å². The number of rotatable bonds is 8. The summed E-state index contributed by atoms with van der Waals surface area (Å²) in [5, 5.41) is 4.08. The normalized spacial score (nSPS) is 11.5. The predicted molar refractivity (Wildman–Crippen MR) is 90.0 cm³/mol. The van der Waals surface area contributed by atoms with Crippen molar-refractivity contribution in [2.75, 3.05) is 33.4 Å². The number of guanidine groups is 1. The molecule has 0 saturated carbocycles. The van der Waals surface area contributed by atoms with Crippen LogP contribution in [0, 0.1) is 0 Å². The van der Waals surface area contributed by atoms with Gasteiger partial charge in [-0.05, 0) is 38.0 Å². The van der Waals surface area contributed by atoms with Gasteiger partial charge in [-0.2, -0.15) is 0 Å². The molecule has 21 heavy (non-hydrogen) atoms. The molecule has 0 amide bonds. The van der Waals surface area contributed by atoms with Crippen LogP contribution in [0.2, 0.25) is 5.02 Å². The lowest BCUT2D eigenvalue weighted by Gasteiger charge is -2.22. The van der Waals surface area contributed by atoms with Crippen molar-refractivity contribution < 1.29 is 4.74 Å². The highest BCUT2D eigenvalue weighted by Crippen LogP contribution is 2.11. The van der Waals surface area contributed by atoms with E-state index in [1.807, 2.05) is 38.2 Å². The molecular weight excluding hydrogens is 286 g/mol. The molecule has 1 aromatic rings. The van der Waals surface area contributed by atoms with Crippen molar-refractivity contribution in [3.63, 3.8) is 0 Å². The van der Waals surface area contributed by atoms with Crippen LogP contribution in [-0.2, 0) is 11.3 Å². The second-order valence-corrected chi connectivity index (χ2v) is 5.21. The third-order valence-electron chi connectivity index (χ3n) is 2.94. The molecule has 0 atom stereocenters. The molecule has 0 aliphatic carbocycles. The maximum atomic E-state index is 5.91. The first-order chi connectivity index (χ1) is 10.2. The lowest BCUT2D eigenvalue weighted by Crippen LogP contribution is -2.38. The number of hydrogen-bond donors (Lipinski definition) is 1. The van der Waals surface area contributed by atoms with E-state index in [0.717, 1.165) is 50.3 Å². The van der Waals surface area contributed by atoms with E-state index in [9.17, 15) is 0 Å². The largest absolute Gasteiger partial charge is 0.382 e. The topological polar surface area (TPSA) is 36.9 Å². The van der Waals surface area contributed by atoms with Crippen LogP contribution in [0.5, 0.6) is 0 Å². The number of nitrogens with zero attached hydrogens (tertiary/aromatic N) is 2. The molecule has 0 aromatic heterocycles. The van der Waals surface area contributed by atoms with Gasteiger partial charge in [0, 0.05) is 44.9 Å². The molecule has 0 bridgehead atoms. The van der Waals surface area contributed by atoms with Gasteiger partial charge in [-0.25, -0.2) is 0 Å². The Morgan fingerprint density at radius 2 is 2.00 bits per heavy atom. The summed E-state index contributed by atoms with van der Waals surface area (Å²) in [6.07, 6.45) is 0.942. The van der Waals surface area contributed by atoms with Gasteiger partial charge < -0.3 is 15.0 Å². The number of hydrogen-bond acceptors (Lipinski definition) is 2. The number of halogens is 1. The van der Waals surface area contributed by atoms with Gasteiger partial charge in [0.15, 0.2) is 5.96 Å². The zero-order valence-corrected chi connectivity index (χ0v) is 14.0. The molecule has 0 fully saturated rings. The molecule has 0 radical (unpaired) electrons. The second-order valence-electron chi connectivity index (χ2n) is 4.77. The van der Waals surface area contributed by atoms with Crippen molar-refractivity contribution in [1.82, 2.24) is 10.2 Å². The summed E-state index contributed by atoms with van der Waals surface area (Å²) < 4.78 is 5.33. The van der Waals surface area contributed by atoms with Crippen molar-refractivity contribution in [1.29, 1.82) is 0 Å². The molecule has 0 saturated heterocycles. The summed E-state index contributed by atoms with van der Waals surface area (Å²) in [5.41, 5.74) is 1.21. The van der Waals surface area contributed by atoms with E-state index < -0.39 is 0 Å². The van der Waals surface area contributed by atoms with Gasteiger partial charge in [-0.15, -0.1) is 0 Å². The highest BCUT2D eigenvalue weighted by atomic mass is 35.5. The highest BCUT2D eigenvalue weighted by molar-refractivity contribution is 6.30. The SMILES string of the molecule is CCNC(=NCCCOCC)N(C)Cc1ccc(Cl)cc1.